The molecule has 1 spiro atoms. The maximum atomic E-state index is 12.1. The van der Waals surface area contributed by atoms with Gasteiger partial charge in [0.2, 0.25) is 0 Å². The zero-order valence-electron chi connectivity index (χ0n) is 12.9. The van der Waals surface area contributed by atoms with Crippen LogP contribution in [0.2, 0.25) is 0 Å². The number of rotatable bonds is 5. The van der Waals surface area contributed by atoms with Gasteiger partial charge in [-0.15, -0.1) is 0 Å². The predicted octanol–water partition coefficient (Wildman–Crippen LogP) is 1.41. The number of aromatic nitrogens is 1. The molecule has 2 aliphatic carbocycles. The van der Waals surface area contributed by atoms with Crippen LogP contribution in [0.15, 0.2) is 18.3 Å². The summed E-state index contributed by atoms with van der Waals surface area (Å²) in [7, 11) is 2.02. The van der Waals surface area contributed by atoms with Crippen LogP contribution in [0, 0.1) is 5.92 Å². The van der Waals surface area contributed by atoms with E-state index < -0.39 is 18.9 Å². The Kier molecular flexibility index (Phi) is 3.30. The van der Waals surface area contributed by atoms with Crippen molar-refractivity contribution in [3.05, 3.63) is 23.9 Å². The van der Waals surface area contributed by atoms with Crippen molar-refractivity contribution in [2.24, 2.45) is 5.92 Å². The molecule has 1 aliphatic heterocycles. The maximum absolute atomic E-state index is 12.1. The van der Waals surface area contributed by atoms with Crippen LogP contribution in [0.3, 0.4) is 0 Å². The van der Waals surface area contributed by atoms with Crippen molar-refractivity contribution in [3.63, 3.8) is 0 Å². The lowest BCUT2D eigenvalue weighted by Crippen LogP contribution is -2.47. The lowest BCUT2D eigenvalue weighted by molar-refractivity contribution is 0.0891. The highest BCUT2D eigenvalue weighted by Gasteiger charge is 2.76. The van der Waals surface area contributed by atoms with Crippen molar-refractivity contribution in [3.8, 4) is 0 Å². The topological polar surface area (TPSA) is 57.0 Å². The summed E-state index contributed by atoms with van der Waals surface area (Å²) in [5.41, 5.74) is 0.595. The molecule has 4 rings (SSSR count). The van der Waals surface area contributed by atoms with Crippen molar-refractivity contribution >= 4 is 11.7 Å². The number of piperidine rings is 1. The fraction of sp³-hybridized carbons (Fsp3) is 0.625. The van der Waals surface area contributed by atoms with Crippen LogP contribution in [0.4, 0.5) is 14.6 Å². The minimum atomic E-state index is -2.54. The molecule has 23 heavy (non-hydrogen) atoms. The van der Waals surface area contributed by atoms with E-state index in [1.165, 1.54) is 19.0 Å². The van der Waals surface area contributed by atoms with Crippen LogP contribution in [0.25, 0.3) is 0 Å². The zero-order chi connectivity index (χ0) is 16.2. The van der Waals surface area contributed by atoms with Crippen LogP contribution < -0.4 is 15.5 Å². The lowest BCUT2D eigenvalue weighted by Gasteiger charge is -2.40. The Bertz CT molecular complexity index is 623. The van der Waals surface area contributed by atoms with Gasteiger partial charge in [0.05, 0.1) is 23.7 Å². The molecule has 0 aromatic carbocycles. The minimum absolute atomic E-state index is 0.278. The molecule has 124 valence electrons. The highest BCUT2D eigenvalue weighted by Crippen LogP contribution is 2.67. The summed E-state index contributed by atoms with van der Waals surface area (Å²) < 4.78 is 24.2. The Labute approximate surface area is 133 Å². The molecule has 7 heteroatoms. The third-order valence-electron chi connectivity index (χ3n) is 5.77. The Morgan fingerprint density at radius 2 is 2.35 bits per heavy atom. The molecule has 0 bridgehead atoms. The molecule has 1 amide bonds. The average molecular weight is 322 g/mol. The number of hydrogen-bond acceptors (Lipinski definition) is 4. The van der Waals surface area contributed by atoms with Gasteiger partial charge < -0.3 is 15.5 Å². The molecule has 0 radical (unpaired) electrons. The van der Waals surface area contributed by atoms with E-state index in [1.807, 2.05) is 13.1 Å². The van der Waals surface area contributed by atoms with Gasteiger partial charge in [0, 0.05) is 12.2 Å². The van der Waals surface area contributed by atoms with Gasteiger partial charge >= 0.3 is 0 Å². The van der Waals surface area contributed by atoms with E-state index in [9.17, 15) is 13.6 Å². The zero-order valence-corrected chi connectivity index (χ0v) is 12.9. The number of nitrogens with zero attached hydrogens (tertiary/aromatic N) is 2. The molecule has 1 saturated heterocycles. The normalized spacial score (nSPS) is 33.9. The Balaban J connectivity index is 1.44. The summed E-state index contributed by atoms with van der Waals surface area (Å²) in [5, 5.41) is 5.60. The fourth-order valence-electron chi connectivity index (χ4n) is 4.62. The van der Waals surface area contributed by atoms with Crippen LogP contribution in [-0.4, -0.2) is 48.5 Å². The van der Waals surface area contributed by atoms with Crippen molar-refractivity contribution in [1.82, 2.24) is 15.6 Å². The molecule has 2 N–H and O–H groups in total. The first-order valence-corrected chi connectivity index (χ1v) is 8.07. The summed E-state index contributed by atoms with van der Waals surface area (Å²) in [6.07, 6.45) is 2.53. The summed E-state index contributed by atoms with van der Waals surface area (Å²) in [5.74, 6) is 1.07. The number of carbonyl (C=O) groups excluding carboxylic acids is 1. The van der Waals surface area contributed by atoms with E-state index in [1.54, 1.807) is 6.07 Å². The first kappa shape index (κ1) is 14.8. The van der Waals surface area contributed by atoms with Crippen LogP contribution in [-0.2, 0) is 0 Å². The summed E-state index contributed by atoms with van der Waals surface area (Å²) in [4.78, 5) is 18.5. The van der Waals surface area contributed by atoms with Gasteiger partial charge in [0.15, 0.2) is 0 Å². The Hall–Kier alpha value is -1.76. The third kappa shape index (κ3) is 2.06. The first-order valence-electron chi connectivity index (χ1n) is 8.07. The van der Waals surface area contributed by atoms with Gasteiger partial charge in [0.25, 0.3) is 12.3 Å². The SMILES string of the molecule is CNC1CC2N(c3ccc(C(=O)NCC(F)F)cn3)C23CCC13. The van der Waals surface area contributed by atoms with Crippen LogP contribution in [0.1, 0.15) is 29.6 Å². The number of alkyl halides is 2. The highest BCUT2D eigenvalue weighted by atomic mass is 19.3. The molecule has 4 unspecified atom stereocenters. The molecule has 1 aromatic heterocycles. The quantitative estimate of drug-likeness (QED) is 0.805. The highest BCUT2D eigenvalue weighted by molar-refractivity contribution is 5.94. The minimum Gasteiger partial charge on any atom is -0.346 e. The largest absolute Gasteiger partial charge is 0.346 e. The van der Waals surface area contributed by atoms with Crippen molar-refractivity contribution < 1.29 is 13.6 Å². The molecule has 1 aromatic rings. The van der Waals surface area contributed by atoms with E-state index in [0.29, 0.717) is 23.6 Å². The number of nitrogens with one attached hydrogen (secondary N) is 2. The second-order valence-corrected chi connectivity index (χ2v) is 6.66. The monoisotopic (exact) mass is 322 g/mol. The van der Waals surface area contributed by atoms with E-state index in [0.717, 1.165) is 12.2 Å². The van der Waals surface area contributed by atoms with E-state index in [2.05, 4.69) is 20.5 Å². The van der Waals surface area contributed by atoms with Gasteiger partial charge in [-0.25, -0.2) is 13.8 Å². The third-order valence-corrected chi connectivity index (χ3v) is 5.77. The van der Waals surface area contributed by atoms with Crippen molar-refractivity contribution in [2.45, 2.75) is 43.3 Å². The number of carbonyl (C=O) groups is 1. The summed E-state index contributed by atoms with van der Waals surface area (Å²) in [6.45, 7) is -0.634. The predicted molar refractivity (Wildman–Crippen MR) is 81.8 cm³/mol. The lowest BCUT2D eigenvalue weighted by atomic mass is 9.72. The molecule has 3 aliphatic rings. The molecule has 2 saturated carbocycles. The van der Waals surface area contributed by atoms with Gasteiger partial charge in [0.1, 0.15) is 5.82 Å². The van der Waals surface area contributed by atoms with Crippen molar-refractivity contribution in [1.29, 1.82) is 0 Å². The fourth-order valence-corrected chi connectivity index (χ4v) is 4.62. The Morgan fingerprint density at radius 3 is 2.87 bits per heavy atom. The number of pyridine rings is 1. The van der Waals surface area contributed by atoms with Crippen LogP contribution in [0.5, 0.6) is 0 Å². The first-order chi connectivity index (χ1) is 11.1. The number of amides is 1. The van der Waals surface area contributed by atoms with E-state index in [4.69, 9.17) is 0 Å². The van der Waals surface area contributed by atoms with Gasteiger partial charge in [-0.1, -0.05) is 0 Å². The smallest absolute Gasteiger partial charge is 0.255 e. The molecular weight excluding hydrogens is 302 g/mol. The molecular formula is C16H20F2N4O. The average Bonchev–Trinajstić information content (AvgIpc) is 3.15. The second kappa shape index (κ2) is 5.12. The van der Waals surface area contributed by atoms with Gasteiger partial charge in [-0.3, -0.25) is 4.79 Å². The van der Waals surface area contributed by atoms with Crippen molar-refractivity contribution in [2.75, 3.05) is 18.5 Å². The molecule has 2 heterocycles. The van der Waals surface area contributed by atoms with E-state index >= 15 is 0 Å². The van der Waals surface area contributed by atoms with Crippen LogP contribution >= 0.6 is 0 Å². The number of anilines is 1. The molecule has 5 nitrogen and oxygen atoms in total. The number of hydrogen-bond donors (Lipinski definition) is 2. The summed E-state index contributed by atoms with van der Waals surface area (Å²) >= 11 is 0. The van der Waals surface area contributed by atoms with Gasteiger partial charge in [-0.2, -0.15) is 0 Å². The van der Waals surface area contributed by atoms with Gasteiger partial charge in [-0.05, 0) is 44.4 Å². The summed E-state index contributed by atoms with van der Waals surface area (Å²) in [6, 6.07) is 4.64. The Morgan fingerprint density at radius 1 is 1.52 bits per heavy atom. The second-order valence-electron chi connectivity index (χ2n) is 6.66. The van der Waals surface area contributed by atoms with E-state index in [-0.39, 0.29) is 5.54 Å². The maximum Gasteiger partial charge on any atom is 0.255 e. The molecule has 4 atom stereocenters. The number of halogens is 2. The standard InChI is InChI=1S/C16H20F2N4O/c1-19-11-6-12-16(5-4-10(11)16)22(12)14-3-2-9(7-20-14)15(23)21-8-13(17)18/h2-3,7,10-13,19H,4-6,8H2,1H3,(H,21,23). The molecule has 3 fully saturated rings.